The van der Waals surface area contributed by atoms with Crippen molar-refractivity contribution < 1.29 is 4.74 Å². The number of anilines is 1. The molecule has 0 saturated carbocycles. The highest BCUT2D eigenvalue weighted by Gasteiger charge is 2.29. The number of fused-ring (bicyclic) bond motifs is 1. The monoisotopic (exact) mass is 249 g/mol. The highest BCUT2D eigenvalue weighted by Crippen LogP contribution is 2.25. The van der Waals surface area contributed by atoms with Crippen molar-refractivity contribution in [2.24, 2.45) is 0 Å². The van der Waals surface area contributed by atoms with Gasteiger partial charge < -0.3 is 10.1 Å². The first kappa shape index (κ1) is 11.2. The van der Waals surface area contributed by atoms with Crippen LogP contribution in [0.15, 0.2) is 17.2 Å². The number of hydrogen-bond donors (Lipinski definition) is 2. The van der Waals surface area contributed by atoms with Crippen molar-refractivity contribution in [3.63, 3.8) is 0 Å². The average Bonchev–Trinajstić information content (AvgIpc) is 2.95. The quantitative estimate of drug-likeness (QED) is 0.822. The van der Waals surface area contributed by atoms with E-state index in [1.807, 2.05) is 0 Å². The van der Waals surface area contributed by atoms with Crippen LogP contribution in [0.1, 0.15) is 19.8 Å². The number of aromatic nitrogens is 4. The summed E-state index contributed by atoms with van der Waals surface area (Å²) in [5.41, 5.74) is 0.143. The summed E-state index contributed by atoms with van der Waals surface area (Å²) >= 11 is 0. The fourth-order valence-electron chi connectivity index (χ4n) is 2.16. The van der Waals surface area contributed by atoms with Crippen molar-refractivity contribution in [2.75, 3.05) is 18.5 Å². The van der Waals surface area contributed by atoms with Gasteiger partial charge in [-0.15, -0.1) is 0 Å². The molecule has 1 saturated heterocycles. The molecule has 3 rings (SSSR count). The third kappa shape index (κ3) is 1.97. The van der Waals surface area contributed by atoms with Crippen LogP contribution in [0.2, 0.25) is 0 Å². The van der Waals surface area contributed by atoms with Gasteiger partial charge in [0, 0.05) is 19.2 Å². The van der Waals surface area contributed by atoms with E-state index >= 15 is 0 Å². The molecule has 0 spiro atoms. The molecule has 0 bridgehead atoms. The maximum absolute atomic E-state index is 11.3. The SMILES string of the molecule is CC1(CNc2cc3n[nH]c(=O)n3cn2)CCCO1. The molecule has 3 heterocycles. The van der Waals surface area contributed by atoms with Crippen molar-refractivity contribution in [1.29, 1.82) is 0 Å². The number of nitrogens with one attached hydrogen (secondary N) is 2. The van der Waals surface area contributed by atoms with Crippen LogP contribution in [0.3, 0.4) is 0 Å². The molecule has 7 nitrogen and oxygen atoms in total. The van der Waals surface area contributed by atoms with Gasteiger partial charge in [0.15, 0.2) is 5.65 Å². The molecular formula is C11H15N5O2. The highest BCUT2D eigenvalue weighted by molar-refractivity contribution is 5.48. The highest BCUT2D eigenvalue weighted by atomic mass is 16.5. The lowest BCUT2D eigenvalue weighted by molar-refractivity contribution is 0.0315. The van der Waals surface area contributed by atoms with Crippen LogP contribution in [0.4, 0.5) is 5.82 Å². The molecule has 2 N–H and O–H groups in total. The Hall–Kier alpha value is -1.89. The summed E-state index contributed by atoms with van der Waals surface area (Å²) in [6.07, 6.45) is 3.60. The van der Waals surface area contributed by atoms with Gasteiger partial charge in [-0.05, 0) is 19.8 Å². The Morgan fingerprint density at radius 1 is 1.67 bits per heavy atom. The summed E-state index contributed by atoms with van der Waals surface area (Å²) in [4.78, 5) is 15.4. The van der Waals surface area contributed by atoms with E-state index in [2.05, 4.69) is 27.4 Å². The fourth-order valence-corrected chi connectivity index (χ4v) is 2.16. The Labute approximate surface area is 103 Å². The molecule has 2 aromatic rings. The second kappa shape index (κ2) is 4.09. The second-order valence-corrected chi connectivity index (χ2v) is 4.79. The van der Waals surface area contributed by atoms with Crippen LogP contribution >= 0.6 is 0 Å². The Balaban J connectivity index is 1.76. The lowest BCUT2D eigenvalue weighted by atomic mass is 10.0. The molecule has 1 atom stereocenters. The van der Waals surface area contributed by atoms with Crippen LogP contribution in [-0.2, 0) is 4.74 Å². The van der Waals surface area contributed by atoms with E-state index in [1.165, 1.54) is 10.7 Å². The Kier molecular flexibility index (Phi) is 2.55. The van der Waals surface area contributed by atoms with E-state index in [0.717, 1.165) is 19.4 Å². The van der Waals surface area contributed by atoms with Gasteiger partial charge in [0.2, 0.25) is 0 Å². The Morgan fingerprint density at radius 2 is 2.56 bits per heavy atom. The van der Waals surface area contributed by atoms with Gasteiger partial charge in [0.05, 0.1) is 5.60 Å². The van der Waals surface area contributed by atoms with Gasteiger partial charge in [-0.25, -0.2) is 19.3 Å². The van der Waals surface area contributed by atoms with E-state index in [1.54, 1.807) is 6.07 Å². The predicted molar refractivity (Wildman–Crippen MR) is 65.7 cm³/mol. The summed E-state index contributed by atoms with van der Waals surface area (Å²) in [6, 6.07) is 1.73. The minimum absolute atomic E-state index is 0.126. The van der Waals surface area contributed by atoms with Crippen molar-refractivity contribution in [3.05, 3.63) is 22.9 Å². The first-order valence-electron chi connectivity index (χ1n) is 5.97. The molecule has 0 aliphatic carbocycles. The van der Waals surface area contributed by atoms with Crippen molar-refractivity contribution in [2.45, 2.75) is 25.4 Å². The van der Waals surface area contributed by atoms with Crippen LogP contribution in [-0.4, -0.2) is 38.3 Å². The molecule has 1 aliphatic rings. The standard InChI is InChI=1S/C11H15N5O2/c1-11(3-2-4-18-11)6-12-8-5-9-14-15-10(17)16(9)7-13-8/h5,7,12H,2-4,6H2,1H3,(H,15,17). The van der Waals surface area contributed by atoms with Gasteiger partial charge in [0.1, 0.15) is 12.1 Å². The minimum atomic E-state index is -0.282. The molecule has 7 heteroatoms. The zero-order valence-corrected chi connectivity index (χ0v) is 10.1. The van der Waals surface area contributed by atoms with Gasteiger partial charge in [-0.1, -0.05) is 0 Å². The van der Waals surface area contributed by atoms with Gasteiger partial charge in [-0.3, -0.25) is 0 Å². The first-order chi connectivity index (χ1) is 8.66. The molecule has 1 aliphatic heterocycles. The number of ether oxygens (including phenoxy) is 1. The zero-order valence-electron chi connectivity index (χ0n) is 10.1. The van der Waals surface area contributed by atoms with E-state index in [9.17, 15) is 4.79 Å². The number of nitrogens with zero attached hydrogens (tertiary/aromatic N) is 3. The largest absolute Gasteiger partial charge is 0.373 e. The van der Waals surface area contributed by atoms with Crippen molar-refractivity contribution in [1.82, 2.24) is 19.6 Å². The lowest BCUT2D eigenvalue weighted by Gasteiger charge is -2.23. The van der Waals surface area contributed by atoms with Crippen LogP contribution in [0, 0.1) is 0 Å². The van der Waals surface area contributed by atoms with E-state index < -0.39 is 0 Å². The number of hydrogen-bond acceptors (Lipinski definition) is 5. The summed E-state index contributed by atoms with van der Waals surface area (Å²) in [5.74, 6) is 0.693. The predicted octanol–water partition coefficient (Wildman–Crippen LogP) is 0.399. The van der Waals surface area contributed by atoms with Crippen molar-refractivity contribution >= 4 is 11.5 Å². The second-order valence-electron chi connectivity index (χ2n) is 4.79. The maximum Gasteiger partial charge on any atom is 0.348 e. The Morgan fingerprint density at radius 3 is 3.33 bits per heavy atom. The van der Waals surface area contributed by atoms with E-state index in [-0.39, 0.29) is 11.3 Å². The number of aromatic amines is 1. The van der Waals surface area contributed by atoms with Crippen molar-refractivity contribution in [3.8, 4) is 0 Å². The topological polar surface area (TPSA) is 84.3 Å². The van der Waals surface area contributed by atoms with Crippen LogP contribution in [0.5, 0.6) is 0 Å². The summed E-state index contributed by atoms with van der Waals surface area (Å²) < 4.78 is 7.05. The summed E-state index contributed by atoms with van der Waals surface area (Å²) in [5, 5.41) is 9.49. The van der Waals surface area contributed by atoms with Gasteiger partial charge in [0.25, 0.3) is 0 Å². The molecule has 2 aromatic heterocycles. The van der Waals surface area contributed by atoms with E-state index in [0.29, 0.717) is 18.0 Å². The molecule has 0 aromatic carbocycles. The molecule has 96 valence electrons. The molecule has 18 heavy (non-hydrogen) atoms. The summed E-state index contributed by atoms with van der Waals surface area (Å²) in [6.45, 7) is 3.61. The first-order valence-corrected chi connectivity index (χ1v) is 5.97. The lowest BCUT2D eigenvalue weighted by Crippen LogP contribution is -2.32. The average molecular weight is 249 g/mol. The van der Waals surface area contributed by atoms with E-state index in [4.69, 9.17) is 4.74 Å². The molecule has 1 fully saturated rings. The minimum Gasteiger partial charge on any atom is -0.373 e. The molecular weight excluding hydrogens is 234 g/mol. The third-order valence-corrected chi connectivity index (χ3v) is 3.25. The maximum atomic E-state index is 11.3. The Bertz CT molecular complexity index is 611. The van der Waals surface area contributed by atoms with Gasteiger partial charge in [-0.2, -0.15) is 5.10 Å². The molecule has 1 unspecified atom stereocenters. The van der Waals surface area contributed by atoms with Crippen LogP contribution in [0.25, 0.3) is 5.65 Å². The fraction of sp³-hybridized carbons (Fsp3) is 0.545. The smallest absolute Gasteiger partial charge is 0.348 e. The zero-order chi connectivity index (χ0) is 12.6. The number of H-pyrrole nitrogens is 1. The van der Waals surface area contributed by atoms with Crippen LogP contribution < -0.4 is 11.0 Å². The molecule has 0 amide bonds. The third-order valence-electron chi connectivity index (χ3n) is 3.25. The van der Waals surface area contributed by atoms with Gasteiger partial charge >= 0.3 is 5.69 Å². The number of rotatable bonds is 3. The molecule has 0 radical (unpaired) electrons. The summed E-state index contributed by atoms with van der Waals surface area (Å²) in [7, 11) is 0. The normalized spacial score (nSPS) is 23.6.